The fraction of sp³-hybridized carbons (Fsp3) is 0.333. The molecule has 0 aliphatic carbocycles. The van der Waals surface area contributed by atoms with Gasteiger partial charge in [0.2, 0.25) is 0 Å². The molecule has 0 aromatic heterocycles. The molecule has 3 aromatic rings. The fourth-order valence-electron chi connectivity index (χ4n) is 3.31. The van der Waals surface area contributed by atoms with Gasteiger partial charge in [-0.2, -0.15) is 0 Å². The summed E-state index contributed by atoms with van der Waals surface area (Å²) < 4.78 is 0. The Morgan fingerprint density at radius 3 is 0.784 bits per heavy atom. The lowest BCUT2D eigenvalue weighted by Crippen LogP contribution is -2.10. The predicted molar refractivity (Wildman–Crippen MR) is 160 cm³/mol. The van der Waals surface area contributed by atoms with E-state index in [9.17, 15) is 0 Å². The third-order valence-corrected chi connectivity index (χ3v) is 5.12. The SMILES string of the molecule is CC(C)(C)C#Cc1ccc(N(c2ccc(C#CC(C)(C)C)cc2)c2ccc(C#CC(C)(C)C)cc2)cc1. The van der Waals surface area contributed by atoms with Gasteiger partial charge in [-0.25, -0.2) is 0 Å². The summed E-state index contributed by atoms with van der Waals surface area (Å²) in [5.74, 6) is 19.9. The maximum atomic E-state index is 3.32. The van der Waals surface area contributed by atoms with Crippen LogP contribution in [0, 0.1) is 51.8 Å². The van der Waals surface area contributed by atoms with Crippen molar-refractivity contribution < 1.29 is 0 Å². The summed E-state index contributed by atoms with van der Waals surface area (Å²) >= 11 is 0. The van der Waals surface area contributed by atoms with Gasteiger partial charge >= 0.3 is 0 Å². The van der Waals surface area contributed by atoms with E-state index in [2.05, 4.69) is 176 Å². The summed E-state index contributed by atoms with van der Waals surface area (Å²) in [4.78, 5) is 2.25. The first-order chi connectivity index (χ1) is 17.2. The van der Waals surface area contributed by atoms with Gasteiger partial charge in [0.05, 0.1) is 0 Å². The maximum absolute atomic E-state index is 3.32. The Labute approximate surface area is 225 Å². The summed E-state index contributed by atoms with van der Waals surface area (Å²) in [5, 5.41) is 0. The van der Waals surface area contributed by atoms with Gasteiger partial charge in [-0.3, -0.25) is 0 Å². The molecule has 3 aromatic carbocycles. The molecule has 3 rings (SSSR count). The van der Waals surface area contributed by atoms with Crippen molar-refractivity contribution >= 4 is 17.1 Å². The van der Waals surface area contributed by atoms with Gasteiger partial charge in [0.25, 0.3) is 0 Å². The minimum atomic E-state index is -0.0278. The second-order valence-electron chi connectivity index (χ2n) is 12.5. The van der Waals surface area contributed by atoms with Crippen LogP contribution in [-0.4, -0.2) is 0 Å². The zero-order valence-corrected chi connectivity index (χ0v) is 23.9. The number of benzene rings is 3. The van der Waals surface area contributed by atoms with Crippen LogP contribution < -0.4 is 4.90 Å². The van der Waals surface area contributed by atoms with Crippen molar-refractivity contribution in [2.75, 3.05) is 4.90 Å². The molecule has 37 heavy (non-hydrogen) atoms. The average Bonchev–Trinajstić information content (AvgIpc) is 2.81. The van der Waals surface area contributed by atoms with E-state index in [0.717, 1.165) is 33.8 Å². The summed E-state index contributed by atoms with van der Waals surface area (Å²) in [7, 11) is 0. The van der Waals surface area contributed by atoms with E-state index in [-0.39, 0.29) is 16.2 Å². The van der Waals surface area contributed by atoms with E-state index in [1.54, 1.807) is 0 Å². The topological polar surface area (TPSA) is 3.24 Å². The Morgan fingerprint density at radius 1 is 0.378 bits per heavy atom. The Morgan fingerprint density at radius 2 is 0.595 bits per heavy atom. The van der Waals surface area contributed by atoms with Crippen LogP contribution in [0.15, 0.2) is 72.8 Å². The van der Waals surface area contributed by atoms with Crippen molar-refractivity contribution in [2.24, 2.45) is 16.2 Å². The van der Waals surface area contributed by atoms with E-state index >= 15 is 0 Å². The Bertz CT molecular complexity index is 1200. The molecule has 1 nitrogen and oxygen atoms in total. The molecule has 0 radical (unpaired) electrons. The van der Waals surface area contributed by atoms with Crippen LogP contribution in [0.1, 0.15) is 79.0 Å². The highest BCUT2D eigenvalue weighted by atomic mass is 15.1. The van der Waals surface area contributed by atoms with Crippen LogP contribution in [0.5, 0.6) is 0 Å². The smallest absolute Gasteiger partial charge is 0.0462 e. The average molecular weight is 486 g/mol. The van der Waals surface area contributed by atoms with Crippen molar-refractivity contribution in [1.82, 2.24) is 0 Å². The molecule has 0 saturated carbocycles. The highest BCUT2D eigenvalue weighted by Crippen LogP contribution is 2.35. The molecule has 0 aliphatic rings. The first kappa shape index (κ1) is 27.7. The largest absolute Gasteiger partial charge is 0.311 e. The first-order valence-corrected chi connectivity index (χ1v) is 12.9. The number of rotatable bonds is 3. The molecular weight excluding hydrogens is 446 g/mol. The lowest BCUT2D eigenvalue weighted by atomic mass is 9.97. The van der Waals surface area contributed by atoms with E-state index in [1.807, 2.05) is 0 Å². The summed E-state index contributed by atoms with van der Waals surface area (Å²) in [6.45, 7) is 19.1. The number of hydrogen-bond donors (Lipinski definition) is 0. The van der Waals surface area contributed by atoms with Gasteiger partial charge in [0, 0.05) is 50.0 Å². The van der Waals surface area contributed by atoms with Crippen LogP contribution in [0.3, 0.4) is 0 Å². The molecule has 1 heteroatoms. The summed E-state index contributed by atoms with van der Waals surface area (Å²) in [6, 6.07) is 25.3. The lowest BCUT2D eigenvalue weighted by Gasteiger charge is -2.25. The van der Waals surface area contributed by atoms with Gasteiger partial charge in [0.15, 0.2) is 0 Å². The third-order valence-electron chi connectivity index (χ3n) is 5.12. The Balaban J connectivity index is 2.01. The van der Waals surface area contributed by atoms with Crippen molar-refractivity contribution in [3.63, 3.8) is 0 Å². The van der Waals surface area contributed by atoms with Gasteiger partial charge in [0.1, 0.15) is 0 Å². The van der Waals surface area contributed by atoms with Crippen LogP contribution >= 0.6 is 0 Å². The number of hydrogen-bond acceptors (Lipinski definition) is 1. The van der Waals surface area contributed by atoms with Crippen LogP contribution in [-0.2, 0) is 0 Å². The van der Waals surface area contributed by atoms with E-state index in [0.29, 0.717) is 0 Å². The molecule has 0 heterocycles. The molecule has 0 aliphatic heterocycles. The van der Waals surface area contributed by atoms with Gasteiger partial charge < -0.3 is 4.90 Å². The molecule has 0 saturated heterocycles. The first-order valence-electron chi connectivity index (χ1n) is 12.9. The highest BCUT2D eigenvalue weighted by Gasteiger charge is 2.13. The molecule has 0 N–H and O–H groups in total. The summed E-state index contributed by atoms with van der Waals surface area (Å²) in [6.07, 6.45) is 0. The van der Waals surface area contributed by atoms with E-state index < -0.39 is 0 Å². The standard InChI is InChI=1S/C36H39N/c1-34(2,3)25-22-28-10-16-31(17-11-28)37(32-18-12-29(13-19-32)23-26-35(4,5)6)33-20-14-30(15-21-33)24-27-36(7,8)9/h10-21H,1-9H3. The lowest BCUT2D eigenvalue weighted by molar-refractivity contribution is 0.570. The normalized spacial score (nSPS) is 11.3. The monoisotopic (exact) mass is 485 g/mol. The molecule has 0 spiro atoms. The highest BCUT2D eigenvalue weighted by molar-refractivity contribution is 5.77. The fourth-order valence-corrected chi connectivity index (χ4v) is 3.31. The molecule has 0 amide bonds. The second kappa shape index (κ2) is 11.0. The van der Waals surface area contributed by atoms with Crippen LogP contribution in [0.2, 0.25) is 0 Å². The molecular formula is C36H39N. The van der Waals surface area contributed by atoms with Gasteiger partial charge in [-0.15, -0.1) is 0 Å². The van der Waals surface area contributed by atoms with E-state index in [4.69, 9.17) is 0 Å². The van der Waals surface area contributed by atoms with Crippen molar-refractivity contribution in [1.29, 1.82) is 0 Å². The summed E-state index contributed by atoms with van der Waals surface area (Å²) in [5.41, 5.74) is 6.17. The van der Waals surface area contributed by atoms with Crippen LogP contribution in [0.25, 0.3) is 0 Å². The minimum absolute atomic E-state index is 0.0278. The van der Waals surface area contributed by atoms with Crippen LogP contribution in [0.4, 0.5) is 17.1 Å². The van der Waals surface area contributed by atoms with Crippen molar-refractivity contribution in [3.05, 3.63) is 89.5 Å². The molecule has 0 fully saturated rings. The molecule has 0 bridgehead atoms. The zero-order valence-electron chi connectivity index (χ0n) is 23.9. The maximum Gasteiger partial charge on any atom is 0.0462 e. The Kier molecular flexibility index (Phi) is 8.27. The number of nitrogens with zero attached hydrogens (tertiary/aromatic N) is 1. The number of anilines is 3. The zero-order chi connectivity index (χ0) is 27.3. The van der Waals surface area contributed by atoms with Crippen molar-refractivity contribution in [2.45, 2.75) is 62.3 Å². The third kappa shape index (κ3) is 9.26. The van der Waals surface area contributed by atoms with Gasteiger partial charge in [-0.1, -0.05) is 35.5 Å². The predicted octanol–water partition coefficient (Wildman–Crippen LogP) is 9.35. The Hall–Kier alpha value is -3.86. The quantitative estimate of drug-likeness (QED) is 0.334. The molecule has 0 unspecified atom stereocenters. The van der Waals surface area contributed by atoms with Crippen molar-refractivity contribution in [3.8, 4) is 35.5 Å². The molecule has 0 atom stereocenters. The van der Waals surface area contributed by atoms with Gasteiger partial charge in [-0.05, 0) is 135 Å². The minimum Gasteiger partial charge on any atom is -0.311 e. The second-order valence-corrected chi connectivity index (χ2v) is 12.5. The molecule has 188 valence electrons. The van der Waals surface area contributed by atoms with E-state index in [1.165, 1.54) is 0 Å².